The first-order valence-electron chi connectivity index (χ1n) is 9.92. The molecule has 0 bridgehead atoms. The second-order valence-electron chi connectivity index (χ2n) is 6.99. The van der Waals surface area contributed by atoms with E-state index >= 15 is 0 Å². The van der Waals surface area contributed by atoms with Crippen LogP contribution in [0.1, 0.15) is 22.8 Å². The number of nitrogens with one attached hydrogen (secondary N) is 2. The van der Waals surface area contributed by atoms with Gasteiger partial charge in [0.15, 0.2) is 5.11 Å². The molecule has 32 heavy (non-hydrogen) atoms. The molecule has 1 amide bonds. The van der Waals surface area contributed by atoms with E-state index in [4.69, 9.17) is 17.0 Å². The molecule has 7 nitrogen and oxygen atoms in total. The normalized spacial score (nSPS) is 10.7. The number of anilines is 1. The van der Waals surface area contributed by atoms with Gasteiger partial charge in [-0.1, -0.05) is 0 Å². The Balaban J connectivity index is 1.50. The van der Waals surface area contributed by atoms with Gasteiger partial charge in [0.25, 0.3) is 5.91 Å². The number of carbonyl (C=O) groups is 1. The van der Waals surface area contributed by atoms with E-state index in [1.54, 1.807) is 4.80 Å². The molecular formula is C23H20FN5O2S. The van der Waals surface area contributed by atoms with Crippen LogP contribution in [0.3, 0.4) is 0 Å². The molecule has 0 saturated heterocycles. The summed E-state index contributed by atoms with van der Waals surface area (Å²) < 4.78 is 18.5. The molecule has 0 radical (unpaired) electrons. The number of fused-ring (bicyclic) bond motifs is 1. The number of aryl methyl sites for hydroxylation is 1. The second-order valence-corrected chi connectivity index (χ2v) is 7.40. The number of amides is 1. The standard InChI is InChI=1S/C23H20FN5O2S/c1-3-31-18-10-8-17(9-11-18)29-27-20-12-14(2)19(13-21(20)28-29)25-23(32)26-22(30)15-4-6-16(24)7-5-15/h4-13H,3H2,1-2H3,(H2,25,26,30,32). The number of carbonyl (C=O) groups excluding carboxylic acids is 1. The minimum Gasteiger partial charge on any atom is -0.494 e. The Morgan fingerprint density at radius 3 is 2.38 bits per heavy atom. The Hall–Kier alpha value is -3.85. The molecule has 2 N–H and O–H groups in total. The topological polar surface area (TPSA) is 81.1 Å². The summed E-state index contributed by atoms with van der Waals surface area (Å²) in [4.78, 5) is 13.8. The molecule has 9 heteroatoms. The number of ether oxygens (including phenoxy) is 1. The van der Waals surface area contributed by atoms with Crippen molar-refractivity contribution in [1.29, 1.82) is 0 Å². The van der Waals surface area contributed by atoms with Gasteiger partial charge in [0.2, 0.25) is 0 Å². The zero-order chi connectivity index (χ0) is 22.7. The molecule has 0 atom stereocenters. The highest BCUT2D eigenvalue weighted by atomic mass is 32.1. The van der Waals surface area contributed by atoms with E-state index in [2.05, 4.69) is 20.8 Å². The van der Waals surface area contributed by atoms with Gasteiger partial charge in [-0.15, -0.1) is 10.2 Å². The predicted octanol–water partition coefficient (Wildman–Crippen LogP) is 4.39. The third-order valence-corrected chi connectivity index (χ3v) is 4.89. The third kappa shape index (κ3) is 4.73. The van der Waals surface area contributed by atoms with Crippen molar-refractivity contribution in [3.05, 3.63) is 77.6 Å². The highest BCUT2D eigenvalue weighted by Gasteiger charge is 2.12. The minimum atomic E-state index is -0.428. The highest BCUT2D eigenvalue weighted by Crippen LogP contribution is 2.23. The van der Waals surface area contributed by atoms with Crippen molar-refractivity contribution in [3.8, 4) is 11.4 Å². The van der Waals surface area contributed by atoms with Crippen LogP contribution in [0.25, 0.3) is 16.7 Å². The zero-order valence-electron chi connectivity index (χ0n) is 17.4. The van der Waals surface area contributed by atoms with E-state index in [1.165, 1.54) is 24.3 Å². The summed E-state index contributed by atoms with van der Waals surface area (Å²) in [5.41, 5.74) is 4.08. The smallest absolute Gasteiger partial charge is 0.257 e. The predicted molar refractivity (Wildman–Crippen MR) is 125 cm³/mol. The van der Waals surface area contributed by atoms with Gasteiger partial charge in [0, 0.05) is 11.3 Å². The number of hydrogen-bond donors (Lipinski definition) is 2. The zero-order valence-corrected chi connectivity index (χ0v) is 18.2. The summed E-state index contributed by atoms with van der Waals surface area (Å²) in [6.45, 7) is 4.44. The van der Waals surface area contributed by atoms with Crippen molar-refractivity contribution >= 4 is 40.0 Å². The Bertz CT molecular complexity index is 1290. The van der Waals surface area contributed by atoms with E-state index in [1.807, 2.05) is 50.2 Å². The molecule has 162 valence electrons. The van der Waals surface area contributed by atoms with Crippen LogP contribution in [0.5, 0.6) is 5.75 Å². The summed E-state index contributed by atoms with van der Waals surface area (Å²) in [7, 11) is 0. The van der Waals surface area contributed by atoms with E-state index in [9.17, 15) is 9.18 Å². The lowest BCUT2D eigenvalue weighted by Gasteiger charge is -2.11. The second kappa shape index (κ2) is 9.11. The van der Waals surface area contributed by atoms with Crippen LogP contribution in [0.4, 0.5) is 10.1 Å². The Morgan fingerprint density at radius 2 is 1.72 bits per heavy atom. The number of thiocarbonyl (C=S) groups is 1. The van der Waals surface area contributed by atoms with E-state index in [-0.39, 0.29) is 5.11 Å². The number of benzene rings is 3. The van der Waals surface area contributed by atoms with Crippen molar-refractivity contribution < 1.29 is 13.9 Å². The molecule has 1 heterocycles. The highest BCUT2D eigenvalue weighted by molar-refractivity contribution is 7.80. The number of halogens is 1. The van der Waals surface area contributed by atoms with Crippen molar-refractivity contribution in [1.82, 2.24) is 20.3 Å². The van der Waals surface area contributed by atoms with Gasteiger partial charge in [0.05, 0.1) is 12.3 Å². The average molecular weight is 450 g/mol. The molecule has 0 unspecified atom stereocenters. The van der Waals surface area contributed by atoms with Gasteiger partial charge in [-0.05, 0) is 92.3 Å². The van der Waals surface area contributed by atoms with Crippen LogP contribution in [0.15, 0.2) is 60.7 Å². The molecule has 0 aliphatic carbocycles. The summed E-state index contributed by atoms with van der Waals surface area (Å²) in [5.74, 6) is -0.0568. The maximum Gasteiger partial charge on any atom is 0.257 e. The monoisotopic (exact) mass is 449 g/mol. The number of rotatable bonds is 5. The first kappa shape index (κ1) is 21.4. The first-order valence-corrected chi connectivity index (χ1v) is 10.3. The van der Waals surface area contributed by atoms with Crippen molar-refractivity contribution in [2.24, 2.45) is 0 Å². The van der Waals surface area contributed by atoms with Gasteiger partial charge < -0.3 is 10.1 Å². The number of hydrogen-bond acceptors (Lipinski definition) is 5. The molecule has 4 aromatic rings. The third-order valence-electron chi connectivity index (χ3n) is 4.69. The molecule has 1 aromatic heterocycles. The number of nitrogens with zero attached hydrogens (tertiary/aromatic N) is 3. The lowest BCUT2D eigenvalue weighted by molar-refractivity contribution is 0.0977. The van der Waals surface area contributed by atoms with Gasteiger partial charge in [-0.3, -0.25) is 10.1 Å². The van der Waals surface area contributed by atoms with Crippen molar-refractivity contribution in [3.63, 3.8) is 0 Å². The fourth-order valence-corrected chi connectivity index (χ4v) is 3.29. The Labute approximate surface area is 189 Å². The minimum absolute atomic E-state index is 0.126. The van der Waals surface area contributed by atoms with Gasteiger partial charge in [-0.25, -0.2) is 4.39 Å². The quantitative estimate of drug-likeness (QED) is 0.440. The van der Waals surface area contributed by atoms with Crippen molar-refractivity contribution in [2.45, 2.75) is 13.8 Å². The summed E-state index contributed by atoms with van der Waals surface area (Å²) in [6, 6.07) is 16.4. The molecule has 4 rings (SSSR count). The molecule has 0 aliphatic heterocycles. The SMILES string of the molecule is CCOc1ccc(-n2nc3cc(C)c(NC(=S)NC(=O)c4ccc(F)cc4)cc3n2)cc1. The lowest BCUT2D eigenvalue weighted by atomic mass is 10.2. The van der Waals surface area contributed by atoms with E-state index < -0.39 is 11.7 Å². The van der Waals surface area contributed by atoms with Crippen LogP contribution in [0, 0.1) is 12.7 Å². The summed E-state index contributed by atoms with van der Waals surface area (Å²) >= 11 is 5.27. The van der Waals surface area contributed by atoms with Crippen LogP contribution in [-0.4, -0.2) is 32.6 Å². The molecule has 0 aliphatic rings. The molecule has 0 saturated carbocycles. The lowest BCUT2D eigenvalue weighted by Crippen LogP contribution is -2.34. The van der Waals surface area contributed by atoms with Crippen molar-refractivity contribution in [2.75, 3.05) is 11.9 Å². The van der Waals surface area contributed by atoms with E-state index in [0.29, 0.717) is 23.4 Å². The Kier molecular flexibility index (Phi) is 6.09. The maximum atomic E-state index is 13.0. The fraction of sp³-hybridized carbons (Fsp3) is 0.130. The van der Waals surface area contributed by atoms with Gasteiger partial charge >= 0.3 is 0 Å². The van der Waals surface area contributed by atoms with Crippen LogP contribution >= 0.6 is 12.2 Å². The van der Waals surface area contributed by atoms with Gasteiger partial charge in [0.1, 0.15) is 22.6 Å². The number of aromatic nitrogens is 3. The molecular weight excluding hydrogens is 429 g/mol. The fourth-order valence-electron chi connectivity index (χ4n) is 3.09. The maximum absolute atomic E-state index is 13.0. The molecule has 0 spiro atoms. The molecule has 0 fully saturated rings. The average Bonchev–Trinajstić information content (AvgIpc) is 3.17. The van der Waals surface area contributed by atoms with Crippen LogP contribution in [-0.2, 0) is 0 Å². The van der Waals surface area contributed by atoms with Gasteiger partial charge in [-0.2, -0.15) is 4.80 Å². The first-order chi connectivity index (χ1) is 15.4. The van der Waals surface area contributed by atoms with Crippen LogP contribution < -0.4 is 15.4 Å². The van der Waals surface area contributed by atoms with E-state index in [0.717, 1.165) is 22.5 Å². The molecule has 3 aromatic carbocycles. The largest absolute Gasteiger partial charge is 0.494 e. The Morgan fingerprint density at radius 1 is 1.06 bits per heavy atom. The van der Waals surface area contributed by atoms with Crippen LogP contribution in [0.2, 0.25) is 0 Å². The summed E-state index contributed by atoms with van der Waals surface area (Å²) in [6.07, 6.45) is 0. The summed E-state index contributed by atoms with van der Waals surface area (Å²) in [5, 5.41) is 14.8.